The number of H-pyrrole nitrogens is 1. The normalized spacial score (nSPS) is 28.7. The van der Waals surface area contributed by atoms with E-state index in [0.717, 1.165) is 0 Å². The second-order valence-corrected chi connectivity index (χ2v) is 4.50. The maximum absolute atomic E-state index is 11.7. The Morgan fingerprint density at radius 3 is 2.81 bits per heavy atom. The molecule has 3 heterocycles. The van der Waals surface area contributed by atoms with Crippen LogP contribution in [0, 0.1) is 0 Å². The summed E-state index contributed by atoms with van der Waals surface area (Å²) in [4.78, 5) is 21.8. The molecule has 0 spiro atoms. The van der Waals surface area contributed by atoms with Crippen molar-refractivity contribution >= 4 is 17.1 Å². The van der Waals surface area contributed by atoms with Crippen molar-refractivity contribution in [2.45, 2.75) is 24.5 Å². The van der Waals surface area contributed by atoms with Crippen molar-refractivity contribution in [2.75, 3.05) is 12.3 Å². The fourth-order valence-corrected chi connectivity index (χ4v) is 2.24. The van der Waals surface area contributed by atoms with Crippen LogP contribution in [0.3, 0.4) is 0 Å². The SMILES string of the molecule is Nc1nc2c(ncn2[C@@H]2O[C@H](CO)C(O)C2O)c(=O)[nH]1.[H-].[Na+]. The number of ether oxygens (including phenoxy) is 1. The smallest absolute Gasteiger partial charge is 1.00 e. The van der Waals surface area contributed by atoms with Crippen molar-refractivity contribution in [1.29, 1.82) is 0 Å². The zero-order chi connectivity index (χ0) is 14.4. The molecule has 2 aromatic heterocycles. The number of fused-ring (bicyclic) bond motifs is 1. The largest absolute Gasteiger partial charge is 1.00 e. The number of hydrogen-bond acceptors (Lipinski definition) is 8. The number of nitrogens with one attached hydrogen (secondary N) is 1. The van der Waals surface area contributed by atoms with Gasteiger partial charge in [-0.25, -0.2) is 4.98 Å². The maximum Gasteiger partial charge on any atom is 1.00 e. The average Bonchev–Trinajstić information content (AvgIpc) is 2.93. The summed E-state index contributed by atoms with van der Waals surface area (Å²) < 4.78 is 6.64. The molecule has 4 atom stereocenters. The van der Waals surface area contributed by atoms with Crippen LogP contribution in [0.1, 0.15) is 7.65 Å². The number of rotatable bonds is 2. The number of aliphatic hydroxyl groups is 3. The van der Waals surface area contributed by atoms with Gasteiger partial charge < -0.3 is 27.2 Å². The van der Waals surface area contributed by atoms with Crippen LogP contribution < -0.4 is 40.9 Å². The molecule has 3 rings (SSSR count). The molecule has 11 heteroatoms. The van der Waals surface area contributed by atoms with E-state index in [4.69, 9.17) is 15.6 Å². The second kappa shape index (κ2) is 6.01. The first-order chi connectivity index (χ1) is 9.52. The van der Waals surface area contributed by atoms with Gasteiger partial charge in [0.05, 0.1) is 12.9 Å². The van der Waals surface area contributed by atoms with E-state index in [1.807, 2.05) is 0 Å². The van der Waals surface area contributed by atoms with Gasteiger partial charge in [-0.15, -0.1) is 0 Å². The van der Waals surface area contributed by atoms with Crippen LogP contribution in [0.5, 0.6) is 0 Å². The quantitative estimate of drug-likeness (QED) is 0.343. The van der Waals surface area contributed by atoms with Crippen molar-refractivity contribution in [3.8, 4) is 0 Å². The van der Waals surface area contributed by atoms with E-state index in [2.05, 4.69) is 15.0 Å². The molecule has 0 amide bonds. The molecule has 1 fully saturated rings. The zero-order valence-electron chi connectivity index (χ0n) is 12.2. The molecular weight excluding hydrogens is 293 g/mol. The van der Waals surface area contributed by atoms with E-state index in [-0.39, 0.29) is 48.1 Å². The standard InChI is InChI=1S/C10H13N5O5.Na.H/c11-10-13-7-4(8(19)14-10)12-2-15(7)9-6(18)5(17)3(1-16)20-9;;/h2-3,5-6,9,16-18H,1H2,(H3,11,13,14,19);;/q;+1;-1/t3-,5?,6?,9-;;/m1../s1. The summed E-state index contributed by atoms with van der Waals surface area (Å²) in [6.45, 7) is -0.447. The van der Waals surface area contributed by atoms with Gasteiger partial charge in [0.1, 0.15) is 18.3 Å². The third-order valence-electron chi connectivity index (χ3n) is 3.24. The van der Waals surface area contributed by atoms with Crippen molar-refractivity contribution in [1.82, 2.24) is 19.5 Å². The molecule has 21 heavy (non-hydrogen) atoms. The van der Waals surface area contributed by atoms with E-state index in [1.165, 1.54) is 10.9 Å². The summed E-state index contributed by atoms with van der Waals surface area (Å²) in [5.41, 5.74) is 5.12. The van der Waals surface area contributed by atoms with Gasteiger partial charge in [0, 0.05) is 0 Å². The first-order valence-corrected chi connectivity index (χ1v) is 5.87. The van der Waals surface area contributed by atoms with Crippen molar-refractivity contribution in [3.63, 3.8) is 0 Å². The molecule has 0 saturated carbocycles. The first-order valence-electron chi connectivity index (χ1n) is 5.87. The average molecular weight is 307 g/mol. The Morgan fingerprint density at radius 2 is 2.19 bits per heavy atom. The van der Waals surface area contributed by atoms with E-state index >= 15 is 0 Å². The molecule has 1 saturated heterocycles. The van der Waals surface area contributed by atoms with E-state index < -0.39 is 36.7 Å². The number of aromatic nitrogens is 4. The Hall–Kier alpha value is -1.01. The molecule has 2 unspecified atom stereocenters. The van der Waals surface area contributed by atoms with Crippen LogP contribution in [0.4, 0.5) is 5.95 Å². The predicted octanol–water partition coefficient (Wildman–Crippen LogP) is -5.57. The van der Waals surface area contributed by atoms with Gasteiger partial charge in [-0.2, -0.15) is 4.98 Å². The summed E-state index contributed by atoms with van der Waals surface area (Å²) in [5, 5.41) is 28.7. The van der Waals surface area contributed by atoms with E-state index in [0.29, 0.717) is 0 Å². The molecule has 1 aliphatic rings. The third-order valence-corrected chi connectivity index (χ3v) is 3.24. The Morgan fingerprint density at radius 1 is 1.48 bits per heavy atom. The zero-order valence-corrected chi connectivity index (χ0v) is 13.2. The Labute approximate surface area is 141 Å². The molecule has 2 aromatic rings. The summed E-state index contributed by atoms with van der Waals surface area (Å²) in [6.07, 6.45) is -3.21. The fourth-order valence-electron chi connectivity index (χ4n) is 2.24. The van der Waals surface area contributed by atoms with Crippen LogP contribution in [0.2, 0.25) is 0 Å². The monoisotopic (exact) mass is 307 g/mol. The van der Waals surface area contributed by atoms with Crippen LogP contribution >= 0.6 is 0 Å². The molecule has 0 aromatic carbocycles. The number of aromatic amines is 1. The van der Waals surface area contributed by atoms with Crippen LogP contribution in [0.15, 0.2) is 11.1 Å². The van der Waals surface area contributed by atoms with Crippen molar-refractivity contribution < 1.29 is 51.0 Å². The molecule has 10 nitrogen and oxygen atoms in total. The molecule has 0 aliphatic carbocycles. The van der Waals surface area contributed by atoms with Crippen molar-refractivity contribution in [2.24, 2.45) is 0 Å². The number of nitrogens with two attached hydrogens (primary N) is 1. The molecule has 1 aliphatic heterocycles. The minimum absolute atomic E-state index is 0. The van der Waals surface area contributed by atoms with Crippen LogP contribution in [-0.2, 0) is 4.74 Å². The molecule has 6 N–H and O–H groups in total. The number of nitrogen functional groups attached to an aromatic ring is 1. The maximum atomic E-state index is 11.7. The summed E-state index contributed by atoms with van der Waals surface area (Å²) >= 11 is 0. The van der Waals surface area contributed by atoms with Crippen LogP contribution in [0.25, 0.3) is 11.2 Å². The first kappa shape index (κ1) is 16.4. The summed E-state index contributed by atoms with van der Waals surface area (Å²) in [7, 11) is 0. The van der Waals surface area contributed by atoms with Crippen molar-refractivity contribution in [3.05, 3.63) is 16.7 Å². The Kier molecular flexibility index (Phi) is 4.68. The van der Waals surface area contributed by atoms with Gasteiger partial charge >= 0.3 is 29.6 Å². The Balaban J connectivity index is 0.00000121. The number of imidazole rings is 1. The van der Waals surface area contributed by atoms with Gasteiger partial charge in [-0.1, -0.05) is 0 Å². The number of nitrogens with zero attached hydrogens (tertiary/aromatic N) is 3. The summed E-state index contributed by atoms with van der Waals surface area (Å²) in [5.74, 6) is -0.101. The predicted molar refractivity (Wildman–Crippen MR) is 66.7 cm³/mol. The van der Waals surface area contributed by atoms with Gasteiger partial charge in [0.25, 0.3) is 5.56 Å². The number of hydrogen-bond donors (Lipinski definition) is 5. The summed E-state index contributed by atoms with van der Waals surface area (Å²) in [6, 6.07) is 0. The molecular formula is C10H14N5NaO5. The topological polar surface area (TPSA) is 160 Å². The fraction of sp³-hybridized carbons (Fsp3) is 0.500. The Bertz CT molecular complexity index is 709. The van der Waals surface area contributed by atoms with E-state index in [1.54, 1.807) is 0 Å². The third kappa shape index (κ3) is 2.59. The number of anilines is 1. The minimum atomic E-state index is -1.29. The van der Waals surface area contributed by atoms with Gasteiger partial charge in [-0.3, -0.25) is 14.3 Å². The van der Waals surface area contributed by atoms with E-state index in [9.17, 15) is 15.0 Å². The van der Waals surface area contributed by atoms with Gasteiger partial charge in [-0.05, 0) is 0 Å². The molecule has 110 valence electrons. The van der Waals surface area contributed by atoms with Gasteiger partial charge in [0.2, 0.25) is 5.95 Å². The van der Waals surface area contributed by atoms with Gasteiger partial charge in [0.15, 0.2) is 17.4 Å². The second-order valence-electron chi connectivity index (χ2n) is 4.50. The number of aliphatic hydroxyl groups excluding tert-OH is 3. The van der Waals surface area contributed by atoms with Crippen LogP contribution in [-0.4, -0.2) is 59.8 Å². The molecule has 0 radical (unpaired) electrons. The minimum Gasteiger partial charge on any atom is -1.00 e. The molecule has 0 bridgehead atoms.